The highest BCUT2D eigenvalue weighted by atomic mass is 16.7. The highest BCUT2D eigenvalue weighted by Crippen LogP contribution is 2.35. The summed E-state index contributed by atoms with van der Waals surface area (Å²) in [7, 11) is 3.06. The predicted octanol–water partition coefficient (Wildman–Crippen LogP) is 2.80. The van der Waals surface area contributed by atoms with Crippen molar-refractivity contribution < 1.29 is 28.3 Å². The minimum Gasteiger partial charge on any atom is -0.497 e. The minimum absolute atomic E-state index is 0.0574. The Hall–Kier alpha value is -3.95. The number of ether oxygens (including phenoxy) is 4. The molecule has 2 amide bonds. The van der Waals surface area contributed by atoms with Crippen molar-refractivity contribution in [1.29, 1.82) is 0 Å². The summed E-state index contributed by atoms with van der Waals surface area (Å²) in [4.78, 5) is 16.5. The Bertz CT molecular complexity index is 1040. The molecular weight excluding hydrogens is 380 g/mol. The Balaban J connectivity index is 1.37. The van der Waals surface area contributed by atoms with Crippen LogP contribution in [0.25, 0.3) is 11.4 Å². The van der Waals surface area contributed by atoms with E-state index in [-0.39, 0.29) is 19.2 Å². The molecule has 10 nitrogen and oxygen atoms in total. The number of benzene rings is 2. The number of nitrogens with one attached hydrogen (secondary N) is 2. The summed E-state index contributed by atoms with van der Waals surface area (Å²) in [6, 6.07) is 9.98. The molecule has 0 saturated heterocycles. The van der Waals surface area contributed by atoms with Crippen LogP contribution in [0.4, 0.5) is 10.5 Å². The molecule has 2 N–H and O–H groups in total. The largest absolute Gasteiger partial charge is 0.497 e. The molecule has 0 aliphatic carbocycles. The molecule has 0 radical (unpaired) electrons. The van der Waals surface area contributed by atoms with Gasteiger partial charge in [0.1, 0.15) is 11.5 Å². The number of nitrogens with zero attached hydrogens (tertiary/aromatic N) is 2. The van der Waals surface area contributed by atoms with Crippen molar-refractivity contribution in [1.82, 2.24) is 15.5 Å². The average molecular weight is 398 g/mol. The Morgan fingerprint density at radius 1 is 1.10 bits per heavy atom. The molecule has 0 spiro atoms. The van der Waals surface area contributed by atoms with Crippen molar-refractivity contribution in [2.75, 3.05) is 26.3 Å². The van der Waals surface area contributed by atoms with Gasteiger partial charge in [-0.05, 0) is 30.3 Å². The summed E-state index contributed by atoms with van der Waals surface area (Å²) in [6.07, 6.45) is 0. The Morgan fingerprint density at radius 2 is 1.97 bits per heavy atom. The van der Waals surface area contributed by atoms with E-state index in [2.05, 4.69) is 20.8 Å². The second-order valence-corrected chi connectivity index (χ2v) is 5.95. The zero-order chi connectivity index (χ0) is 20.2. The summed E-state index contributed by atoms with van der Waals surface area (Å²) >= 11 is 0. The molecule has 29 heavy (non-hydrogen) atoms. The van der Waals surface area contributed by atoms with E-state index >= 15 is 0 Å². The fraction of sp³-hybridized carbons (Fsp3) is 0.211. The third-order valence-corrected chi connectivity index (χ3v) is 4.16. The third-order valence-electron chi connectivity index (χ3n) is 4.16. The molecule has 4 rings (SSSR count). The van der Waals surface area contributed by atoms with Crippen LogP contribution in [0.1, 0.15) is 5.89 Å². The molecule has 2 aromatic carbocycles. The van der Waals surface area contributed by atoms with E-state index in [0.29, 0.717) is 34.5 Å². The second-order valence-electron chi connectivity index (χ2n) is 5.95. The lowest BCUT2D eigenvalue weighted by atomic mass is 10.2. The number of fused-ring (bicyclic) bond motifs is 1. The lowest BCUT2D eigenvalue weighted by Gasteiger charge is -2.11. The standard InChI is InChI=1S/C19H18N4O6/c1-25-12-4-5-13(15(8-12)26-2)21-19(24)20-9-17-22-18(23-29-17)11-3-6-14-16(7-11)28-10-27-14/h3-8H,9-10H2,1-2H3,(H2,20,21,24). The third kappa shape index (κ3) is 4.00. The number of methoxy groups -OCH3 is 2. The van der Waals surface area contributed by atoms with Crippen LogP contribution >= 0.6 is 0 Å². The van der Waals surface area contributed by atoms with E-state index in [1.54, 1.807) is 43.5 Å². The van der Waals surface area contributed by atoms with Crippen LogP contribution in [0.5, 0.6) is 23.0 Å². The number of hydrogen-bond acceptors (Lipinski definition) is 8. The fourth-order valence-electron chi connectivity index (χ4n) is 2.70. The van der Waals surface area contributed by atoms with Gasteiger partial charge in [0, 0.05) is 11.6 Å². The first-order chi connectivity index (χ1) is 14.2. The van der Waals surface area contributed by atoms with Crippen LogP contribution in [0.3, 0.4) is 0 Å². The van der Waals surface area contributed by atoms with Crippen LogP contribution in [-0.2, 0) is 6.54 Å². The van der Waals surface area contributed by atoms with Crippen LogP contribution < -0.4 is 29.6 Å². The van der Waals surface area contributed by atoms with Crippen molar-refractivity contribution in [2.24, 2.45) is 0 Å². The van der Waals surface area contributed by atoms with Crippen molar-refractivity contribution in [3.63, 3.8) is 0 Å². The number of amides is 2. The Labute approximate surface area is 165 Å². The molecule has 10 heteroatoms. The van der Waals surface area contributed by atoms with Crippen molar-refractivity contribution in [3.05, 3.63) is 42.3 Å². The molecule has 0 saturated carbocycles. The molecule has 1 aliphatic rings. The quantitative estimate of drug-likeness (QED) is 0.651. The van der Waals surface area contributed by atoms with Gasteiger partial charge in [-0.2, -0.15) is 4.98 Å². The zero-order valence-corrected chi connectivity index (χ0v) is 15.7. The van der Waals surface area contributed by atoms with E-state index in [9.17, 15) is 4.79 Å². The van der Waals surface area contributed by atoms with Gasteiger partial charge < -0.3 is 34.1 Å². The van der Waals surface area contributed by atoms with Crippen molar-refractivity contribution in [2.45, 2.75) is 6.54 Å². The van der Waals surface area contributed by atoms with Gasteiger partial charge >= 0.3 is 6.03 Å². The van der Waals surface area contributed by atoms with Crippen LogP contribution in [0.15, 0.2) is 40.9 Å². The summed E-state index contributed by atoms with van der Waals surface area (Å²) in [5.74, 6) is 3.04. The SMILES string of the molecule is COc1ccc(NC(=O)NCc2nc(-c3ccc4c(c3)OCO4)no2)c(OC)c1. The molecule has 0 unspecified atom stereocenters. The lowest BCUT2D eigenvalue weighted by Crippen LogP contribution is -2.28. The molecule has 1 aliphatic heterocycles. The molecule has 0 atom stereocenters. The lowest BCUT2D eigenvalue weighted by molar-refractivity contribution is 0.174. The summed E-state index contributed by atoms with van der Waals surface area (Å²) in [5, 5.41) is 9.29. The first-order valence-corrected chi connectivity index (χ1v) is 8.66. The number of aromatic nitrogens is 2. The normalized spacial score (nSPS) is 11.8. The summed E-state index contributed by atoms with van der Waals surface area (Å²) < 4.78 is 26.2. The average Bonchev–Trinajstić information content (AvgIpc) is 3.41. The number of hydrogen-bond donors (Lipinski definition) is 2. The van der Waals surface area contributed by atoms with E-state index < -0.39 is 6.03 Å². The van der Waals surface area contributed by atoms with Crippen LogP contribution in [0.2, 0.25) is 0 Å². The maximum absolute atomic E-state index is 12.2. The van der Waals surface area contributed by atoms with Gasteiger partial charge in [-0.3, -0.25) is 0 Å². The predicted molar refractivity (Wildman–Crippen MR) is 101 cm³/mol. The van der Waals surface area contributed by atoms with E-state index in [1.807, 2.05) is 0 Å². The van der Waals surface area contributed by atoms with Gasteiger partial charge in [0.15, 0.2) is 11.5 Å². The van der Waals surface area contributed by atoms with Gasteiger partial charge in [0.2, 0.25) is 18.5 Å². The van der Waals surface area contributed by atoms with Crippen LogP contribution in [-0.4, -0.2) is 37.2 Å². The second kappa shape index (κ2) is 7.97. The molecule has 0 bridgehead atoms. The minimum atomic E-state index is -0.448. The molecule has 0 fully saturated rings. The van der Waals surface area contributed by atoms with Gasteiger partial charge in [-0.25, -0.2) is 4.79 Å². The topological polar surface area (TPSA) is 117 Å². The maximum atomic E-state index is 12.2. The van der Waals surface area contributed by atoms with Crippen molar-refractivity contribution in [3.8, 4) is 34.4 Å². The summed E-state index contributed by atoms with van der Waals surface area (Å²) in [5.41, 5.74) is 1.22. The molecule has 3 aromatic rings. The number of anilines is 1. The highest BCUT2D eigenvalue weighted by molar-refractivity contribution is 5.91. The maximum Gasteiger partial charge on any atom is 0.319 e. The smallest absolute Gasteiger partial charge is 0.319 e. The van der Waals surface area contributed by atoms with Gasteiger partial charge in [-0.15, -0.1) is 0 Å². The Kier molecular flexibility index (Phi) is 5.06. The summed E-state index contributed by atoms with van der Waals surface area (Å²) in [6.45, 7) is 0.246. The first-order valence-electron chi connectivity index (χ1n) is 8.66. The number of carbonyl (C=O) groups is 1. The number of rotatable bonds is 6. The van der Waals surface area contributed by atoms with Crippen LogP contribution in [0, 0.1) is 0 Å². The first kappa shape index (κ1) is 18.4. The zero-order valence-electron chi connectivity index (χ0n) is 15.7. The van der Waals surface area contributed by atoms with E-state index in [4.69, 9.17) is 23.5 Å². The van der Waals surface area contributed by atoms with Gasteiger partial charge in [-0.1, -0.05) is 5.16 Å². The highest BCUT2D eigenvalue weighted by Gasteiger charge is 2.17. The van der Waals surface area contributed by atoms with E-state index in [1.165, 1.54) is 7.11 Å². The molecule has 1 aromatic heterocycles. The monoisotopic (exact) mass is 398 g/mol. The number of carbonyl (C=O) groups excluding carboxylic acids is 1. The van der Waals surface area contributed by atoms with Gasteiger partial charge in [0.25, 0.3) is 0 Å². The fourth-order valence-corrected chi connectivity index (χ4v) is 2.70. The molecular formula is C19H18N4O6. The Morgan fingerprint density at radius 3 is 2.79 bits per heavy atom. The molecule has 150 valence electrons. The number of urea groups is 1. The van der Waals surface area contributed by atoms with Crippen molar-refractivity contribution >= 4 is 11.7 Å². The van der Waals surface area contributed by atoms with Gasteiger partial charge in [0.05, 0.1) is 26.5 Å². The van der Waals surface area contributed by atoms with E-state index in [0.717, 1.165) is 5.56 Å². The molecule has 2 heterocycles.